The van der Waals surface area contributed by atoms with Gasteiger partial charge in [0.05, 0.1) is 13.7 Å². The third-order valence-electron chi connectivity index (χ3n) is 6.30. The predicted octanol–water partition coefficient (Wildman–Crippen LogP) is 7.44. The largest absolute Gasteiger partial charge is 0.497 e. The summed E-state index contributed by atoms with van der Waals surface area (Å²) in [4.78, 5) is 0. The number of halogens is 4. The lowest BCUT2D eigenvalue weighted by Crippen LogP contribution is -2.00. The highest BCUT2D eigenvalue weighted by molar-refractivity contribution is 5.66. The van der Waals surface area contributed by atoms with Gasteiger partial charge in [-0.05, 0) is 47.2 Å². The maximum absolute atomic E-state index is 14.8. The maximum Gasteiger partial charge on any atom is 0.167 e. The lowest BCUT2D eigenvalue weighted by Gasteiger charge is -2.11. The summed E-state index contributed by atoms with van der Waals surface area (Å²) in [5.74, 6) is -2.91. The molecule has 0 amide bonds. The van der Waals surface area contributed by atoms with Crippen molar-refractivity contribution in [1.29, 1.82) is 0 Å². The van der Waals surface area contributed by atoms with E-state index in [-0.39, 0.29) is 28.4 Å². The van der Waals surface area contributed by atoms with Crippen LogP contribution in [0.3, 0.4) is 0 Å². The molecule has 4 aromatic carbocycles. The van der Waals surface area contributed by atoms with Crippen LogP contribution in [0.15, 0.2) is 72.8 Å². The van der Waals surface area contributed by atoms with Crippen LogP contribution in [-0.2, 0) is 17.6 Å². The fourth-order valence-electron chi connectivity index (χ4n) is 4.17. The Bertz CT molecular complexity index is 1360. The van der Waals surface area contributed by atoms with Crippen molar-refractivity contribution in [2.24, 2.45) is 0 Å². The molecule has 1 aliphatic heterocycles. The van der Waals surface area contributed by atoms with Crippen molar-refractivity contribution >= 4 is 0 Å². The van der Waals surface area contributed by atoms with E-state index in [0.717, 1.165) is 5.56 Å². The van der Waals surface area contributed by atoms with Crippen LogP contribution in [0.4, 0.5) is 17.6 Å². The molecular formula is C29H22F4O2. The number of ether oxygens (including phenoxy) is 2. The van der Waals surface area contributed by atoms with E-state index in [2.05, 4.69) is 0 Å². The number of hydrogen-bond acceptors (Lipinski definition) is 2. The second-order valence-corrected chi connectivity index (χ2v) is 8.48. The molecule has 0 N–H and O–H groups in total. The van der Waals surface area contributed by atoms with Gasteiger partial charge >= 0.3 is 0 Å². The first-order valence-corrected chi connectivity index (χ1v) is 11.3. The summed E-state index contributed by atoms with van der Waals surface area (Å²) in [6, 6.07) is 20.0. The Morgan fingerprint density at radius 3 is 1.86 bits per heavy atom. The zero-order valence-electron chi connectivity index (χ0n) is 19.0. The smallest absolute Gasteiger partial charge is 0.167 e. The Morgan fingerprint density at radius 2 is 1.26 bits per heavy atom. The van der Waals surface area contributed by atoms with E-state index in [1.165, 1.54) is 7.11 Å². The minimum Gasteiger partial charge on any atom is -0.497 e. The van der Waals surface area contributed by atoms with Crippen LogP contribution in [0, 0.1) is 23.3 Å². The van der Waals surface area contributed by atoms with E-state index in [4.69, 9.17) is 9.47 Å². The molecular weight excluding hydrogens is 456 g/mol. The highest BCUT2D eigenvalue weighted by atomic mass is 19.2. The average Bonchev–Trinajstić information content (AvgIpc) is 3.72. The van der Waals surface area contributed by atoms with Gasteiger partial charge in [0.15, 0.2) is 23.3 Å². The molecule has 4 aromatic rings. The van der Waals surface area contributed by atoms with Crippen LogP contribution < -0.4 is 4.74 Å². The van der Waals surface area contributed by atoms with Crippen molar-refractivity contribution in [2.45, 2.75) is 18.9 Å². The van der Waals surface area contributed by atoms with Crippen LogP contribution in [0.2, 0.25) is 0 Å². The first kappa shape index (κ1) is 23.1. The molecule has 178 valence electrons. The van der Waals surface area contributed by atoms with Crippen LogP contribution in [-0.4, -0.2) is 13.7 Å². The van der Waals surface area contributed by atoms with Crippen molar-refractivity contribution in [3.8, 4) is 28.0 Å². The van der Waals surface area contributed by atoms with Crippen LogP contribution in [0.5, 0.6) is 5.75 Å². The summed E-state index contributed by atoms with van der Waals surface area (Å²) in [5.41, 5.74) is 2.83. The molecule has 1 fully saturated rings. The van der Waals surface area contributed by atoms with Gasteiger partial charge in [0, 0.05) is 16.7 Å². The molecule has 1 heterocycles. The molecule has 6 heteroatoms. The molecule has 0 saturated carbocycles. The van der Waals surface area contributed by atoms with Gasteiger partial charge in [-0.25, -0.2) is 17.6 Å². The van der Waals surface area contributed by atoms with E-state index >= 15 is 0 Å². The Morgan fingerprint density at radius 1 is 0.686 bits per heavy atom. The van der Waals surface area contributed by atoms with Crippen LogP contribution >= 0.6 is 0 Å². The molecule has 1 atom stereocenters. The Hall–Kier alpha value is -3.64. The number of methoxy groups -OCH3 is 1. The predicted molar refractivity (Wildman–Crippen MR) is 126 cm³/mol. The second-order valence-electron chi connectivity index (χ2n) is 8.48. The number of hydrogen-bond donors (Lipinski definition) is 0. The number of benzene rings is 4. The number of rotatable bonds is 7. The molecule has 1 saturated heterocycles. The normalized spacial score (nSPS) is 14.7. The van der Waals surface area contributed by atoms with Crippen molar-refractivity contribution in [2.75, 3.05) is 13.7 Å². The minimum atomic E-state index is -0.903. The molecule has 1 aliphatic rings. The van der Waals surface area contributed by atoms with E-state index in [1.54, 1.807) is 72.8 Å². The van der Waals surface area contributed by atoms with Gasteiger partial charge in [-0.1, -0.05) is 60.7 Å². The van der Waals surface area contributed by atoms with Gasteiger partial charge in [0.2, 0.25) is 0 Å². The van der Waals surface area contributed by atoms with E-state index in [0.29, 0.717) is 36.3 Å². The average molecular weight is 478 g/mol. The Kier molecular flexibility index (Phi) is 6.31. The molecule has 5 rings (SSSR count). The topological polar surface area (TPSA) is 21.8 Å². The van der Waals surface area contributed by atoms with Crippen molar-refractivity contribution in [1.82, 2.24) is 0 Å². The van der Waals surface area contributed by atoms with Gasteiger partial charge < -0.3 is 9.47 Å². The maximum atomic E-state index is 14.8. The molecule has 0 aromatic heterocycles. The van der Waals surface area contributed by atoms with Crippen molar-refractivity contribution in [3.63, 3.8) is 0 Å². The van der Waals surface area contributed by atoms with Crippen molar-refractivity contribution < 1.29 is 27.0 Å². The van der Waals surface area contributed by atoms with Crippen LogP contribution in [0.25, 0.3) is 22.3 Å². The third-order valence-corrected chi connectivity index (χ3v) is 6.30. The van der Waals surface area contributed by atoms with Crippen LogP contribution in [0.1, 0.15) is 22.8 Å². The first-order valence-electron chi connectivity index (χ1n) is 11.3. The summed E-state index contributed by atoms with van der Waals surface area (Å²) in [5, 5.41) is 0. The summed E-state index contributed by atoms with van der Waals surface area (Å²) >= 11 is 0. The molecule has 0 bridgehead atoms. The zero-order valence-corrected chi connectivity index (χ0v) is 19.0. The highest BCUT2D eigenvalue weighted by Crippen LogP contribution is 2.36. The van der Waals surface area contributed by atoms with Gasteiger partial charge in [0.25, 0.3) is 0 Å². The lowest BCUT2D eigenvalue weighted by molar-refractivity contribution is 0.401. The van der Waals surface area contributed by atoms with Gasteiger partial charge in [0.1, 0.15) is 11.9 Å². The Balaban J connectivity index is 1.29. The molecule has 0 radical (unpaired) electrons. The highest BCUT2D eigenvalue weighted by Gasteiger charge is 2.30. The Labute approximate surface area is 200 Å². The molecule has 0 aliphatic carbocycles. The van der Waals surface area contributed by atoms with Gasteiger partial charge in [-0.2, -0.15) is 0 Å². The van der Waals surface area contributed by atoms with E-state index in [9.17, 15) is 17.6 Å². The summed E-state index contributed by atoms with van der Waals surface area (Å²) < 4.78 is 68.6. The van der Waals surface area contributed by atoms with Crippen molar-refractivity contribution in [3.05, 3.63) is 113 Å². The first-order chi connectivity index (χ1) is 17.0. The number of epoxide rings is 1. The lowest BCUT2D eigenvalue weighted by atomic mass is 9.97. The monoisotopic (exact) mass is 478 g/mol. The zero-order chi connectivity index (χ0) is 24.5. The fraction of sp³-hybridized carbons (Fsp3) is 0.172. The SMILES string of the molecule is COc1ccc(-c2ccc(CCc3ccc(-c4ccc(C5CO5)c(F)c4F)cc3)c(F)c2F)cc1. The molecule has 2 nitrogen and oxygen atoms in total. The fourth-order valence-corrected chi connectivity index (χ4v) is 4.17. The minimum absolute atomic E-state index is 0.167. The third kappa shape index (κ3) is 4.66. The quantitative estimate of drug-likeness (QED) is 0.203. The number of aryl methyl sites for hydroxylation is 2. The summed E-state index contributed by atoms with van der Waals surface area (Å²) in [6.45, 7) is 0.402. The van der Waals surface area contributed by atoms with E-state index < -0.39 is 23.3 Å². The standard InChI is InChI=1S/C29H22F4O2/c1-34-21-11-8-19(9-12-21)22-13-10-20(26(30)27(22)31)7-4-17-2-5-18(6-3-17)23-14-15-24(25-16-35-25)29(33)28(23)32/h2-3,5-6,8-15,25H,4,7,16H2,1H3. The summed E-state index contributed by atoms with van der Waals surface area (Å²) in [7, 11) is 1.54. The second kappa shape index (κ2) is 9.55. The van der Waals surface area contributed by atoms with E-state index in [1.807, 2.05) is 0 Å². The van der Waals surface area contributed by atoms with Gasteiger partial charge in [-0.15, -0.1) is 0 Å². The molecule has 35 heavy (non-hydrogen) atoms. The molecule has 1 unspecified atom stereocenters. The van der Waals surface area contributed by atoms with Gasteiger partial charge in [-0.3, -0.25) is 0 Å². The summed E-state index contributed by atoms with van der Waals surface area (Å²) in [6.07, 6.45) is 0.397. The molecule has 0 spiro atoms.